The zero-order valence-corrected chi connectivity index (χ0v) is 16.9. The van der Waals surface area contributed by atoms with E-state index in [-0.39, 0.29) is 23.6 Å². The fourth-order valence-electron chi connectivity index (χ4n) is 3.24. The molecule has 4 aromatic rings. The van der Waals surface area contributed by atoms with Gasteiger partial charge in [0.1, 0.15) is 0 Å². The topological polar surface area (TPSA) is 133 Å². The average Bonchev–Trinajstić information content (AvgIpc) is 3.33. The third kappa shape index (κ3) is 4.78. The van der Waals surface area contributed by atoms with E-state index in [1.165, 1.54) is 24.5 Å². The molecule has 0 aliphatic rings. The number of aromatic nitrogens is 4. The Labute approximate surface area is 182 Å². The van der Waals surface area contributed by atoms with Crippen molar-refractivity contribution in [3.8, 4) is 11.3 Å². The number of benzene rings is 1. The summed E-state index contributed by atoms with van der Waals surface area (Å²) >= 11 is 0. The molecule has 32 heavy (non-hydrogen) atoms. The van der Waals surface area contributed by atoms with Gasteiger partial charge < -0.3 is 15.6 Å². The van der Waals surface area contributed by atoms with Crippen LogP contribution in [0.15, 0.2) is 84.2 Å². The van der Waals surface area contributed by atoms with Crippen molar-refractivity contribution in [2.24, 2.45) is 0 Å². The van der Waals surface area contributed by atoms with E-state index in [0.717, 1.165) is 11.1 Å². The van der Waals surface area contributed by atoms with Gasteiger partial charge >= 0.3 is 0 Å². The number of nitrogens with one attached hydrogen (secondary N) is 4. The zero-order chi connectivity index (χ0) is 22.3. The fraction of sp³-hybridized carbons (Fsp3) is 0.0870. The molecule has 1 atom stereocenters. The lowest BCUT2D eigenvalue weighted by molar-refractivity contribution is 0.0908. The number of hydrogen-bond acceptors (Lipinski definition) is 5. The molecule has 0 spiro atoms. The number of nitrogens with zero attached hydrogens (tertiary/aromatic N) is 2. The Bertz CT molecular complexity index is 1270. The maximum absolute atomic E-state index is 12.9. The molecule has 1 aromatic carbocycles. The first-order chi connectivity index (χ1) is 15.6. The predicted octanol–water partition coefficient (Wildman–Crippen LogP) is 2.06. The Morgan fingerprint density at radius 1 is 1.00 bits per heavy atom. The lowest BCUT2D eigenvalue weighted by Crippen LogP contribution is -2.38. The molecule has 160 valence electrons. The summed E-state index contributed by atoms with van der Waals surface area (Å²) in [5.41, 5.74) is 2.33. The zero-order valence-electron chi connectivity index (χ0n) is 16.9. The van der Waals surface area contributed by atoms with Crippen molar-refractivity contribution in [3.63, 3.8) is 0 Å². The highest BCUT2D eigenvalue weighted by Gasteiger charge is 2.20. The summed E-state index contributed by atoms with van der Waals surface area (Å²) < 4.78 is 0. The molecule has 2 amide bonds. The molecule has 0 bridgehead atoms. The number of amides is 2. The van der Waals surface area contributed by atoms with Gasteiger partial charge in [-0.15, -0.1) is 0 Å². The van der Waals surface area contributed by atoms with Crippen LogP contribution in [0.2, 0.25) is 0 Å². The van der Waals surface area contributed by atoms with Gasteiger partial charge in [-0.2, -0.15) is 5.10 Å². The fourth-order valence-corrected chi connectivity index (χ4v) is 3.24. The monoisotopic (exact) mass is 428 g/mol. The lowest BCUT2D eigenvalue weighted by atomic mass is 10.1. The summed E-state index contributed by atoms with van der Waals surface area (Å²) in [7, 11) is 0. The van der Waals surface area contributed by atoms with E-state index in [1.807, 2.05) is 36.4 Å². The predicted molar refractivity (Wildman–Crippen MR) is 118 cm³/mol. The number of hydrogen-bond donors (Lipinski definition) is 4. The molecular weight excluding hydrogens is 408 g/mol. The number of rotatable bonds is 7. The maximum atomic E-state index is 12.9. The molecule has 0 fully saturated rings. The van der Waals surface area contributed by atoms with E-state index < -0.39 is 11.9 Å². The largest absolute Gasteiger partial charge is 0.350 e. The van der Waals surface area contributed by atoms with Crippen LogP contribution >= 0.6 is 0 Å². The molecule has 0 unspecified atom stereocenters. The van der Waals surface area contributed by atoms with Crippen LogP contribution in [0.3, 0.4) is 0 Å². The normalized spacial score (nSPS) is 11.5. The third-order valence-corrected chi connectivity index (χ3v) is 4.85. The molecule has 3 heterocycles. The first-order valence-electron chi connectivity index (χ1n) is 9.88. The Balaban J connectivity index is 1.51. The first-order valence-corrected chi connectivity index (χ1v) is 9.88. The van der Waals surface area contributed by atoms with E-state index >= 15 is 0 Å². The highest BCUT2D eigenvalue weighted by Crippen LogP contribution is 2.20. The molecular formula is C23H20N6O3. The van der Waals surface area contributed by atoms with Crippen molar-refractivity contribution in [1.29, 1.82) is 0 Å². The van der Waals surface area contributed by atoms with Crippen molar-refractivity contribution >= 4 is 11.8 Å². The standard InChI is InChI=1S/C23H20N6O3/c30-20-11-16(8-10-25-20)22(31)28-19(15-5-2-1-3-6-15)14-26-23(32)18-13-27-29-21(18)17-7-4-9-24-12-17/h1-13,19H,14H2,(H,25,30)(H,26,32)(H,27,29)(H,28,31)/t19-/m1/s1. The maximum Gasteiger partial charge on any atom is 0.255 e. The highest BCUT2D eigenvalue weighted by molar-refractivity contribution is 5.99. The van der Waals surface area contributed by atoms with Gasteiger partial charge in [0.2, 0.25) is 5.56 Å². The Kier molecular flexibility index (Phi) is 6.17. The summed E-state index contributed by atoms with van der Waals surface area (Å²) in [4.78, 5) is 43.7. The molecule has 0 saturated heterocycles. The first kappa shape index (κ1) is 20.7. The van der Waals surface area contributed by atoms with Gasteiger partial charge in [0.15, 0.2) is 0 Å². The van der Waals surface area contributed by atoms with Crippen LogP contribution in [-0.2, 0) is 0 Å². The van der Waals surface area contributed by atoms with Gasteiger partial charge in [0, 0.05) is 42.3 Å². The second kappa shape index (κ2) is 9.52. The third-order valence-electron chi connectivity index (χ3n) is 4.85. The van der Waals surface area contributed by atoms with Gasteiger partial charge in [0.05, 0.1) is 23.5 Å². The van der Waals surface area contributed by atoms with E-state index in [4.69, 9.17) is 0 Å². The minimum Gasteiger partial charge on any atom is -0.350 e. The summed E-state index contributed by atoms with van der Waals surface area (Å²) in [6.45, 7) is 0.134. The van der Waals surface area contributed by atoms with Crippen LogP contribution in [-0.4, -0.2) is 38.5 Å². The summed E-state index contributed by atoms with van der Waals surface area (Å²) in [6.07, 6.45) is 6.14. The number of carbonyl (C=O) groups excluding carboxylic acids is 2. The molecule has 4 rings (SSSR count). The van der Waals surface area contributed by atoms with Crippen LogP contribution in [0.5, 0.6) is 0 Å². The Hall–Kier alpha value is -4.53. The van der Waals surface area contributed by atoms with Crippen molar-refractivity contribution in [2.75, 3.05) is 6.54 Å². The number of H-pyrrole nitrogens is 2. The van der Waals surface area contributed by atoms with Crippen LogP contribution in [0.1, 0.15) is 32.3 Å². The molecule has 0 aliphatic heterocycles. The number of carbonyl (C=O) groups is 2. The second-order valence-electron chi connectivity index (χ2n) is 6.99. The number of aromatic amines is 2. The van der Waals surface area contributed by atoms with Crippen molar-refractivity contribution in [3.05, 3.63) is 106 Å². The van der Waals surface area contributed by atoms with Gasteiger partial charge in [-0.25, -0.2) is 0 Å². The van der Waals surface area contributed by atoms with Crippen molar-refractivity contribution < 1.29 is 9.59 Å². The Morgan fingerprint density at radius 2 is 1.84 bits per heavy atom. The van der Waals surface area contributed by atoms with Crippen molar-refractivity contribution in [2.45, 2.75) is 6.04 Å². The quantitative estimate of drug-likeness (QED) is 0.358. The highest BCUT2D eigenvalue weighted by atomic mass is 16.2. The number of pyridine rings is 2. The van der Waals surface area contributed by atoms with Crippen LogP contribution in [0.25, 0.3) is 11.3 Å². The minimum absolute atomic E-state index is 0.134. The van der Waals surface area contributed by atoms with E-state index in [1.54, 1.807) is 18.5 Å². The molecule has 0 radical (unpaired) electrons. The summed E-state index contributed by atoms with van der Waals surface area (Å²) in [5, 5.41) is 12.6. The van der Waals surface area contributed by atoms with Gasteiger partial charge in [0.25, 0.3) is 11.8 Å². The SMILES string of the molecule is O=C(N[C@H](CNC(=O)c1cn[nH]c1-c1cccnc1)c1ccccc1)c1cc[nH]c(=O)c1. The molecule has 9 heteroatoms. The average molecular weight is 428 g/mol. The minimum atomic E-state index is -0.513. The van der Waals surface area contributed by atoms with Gasteiger partial charge in [-0.05, 0) is 23.8 Å². The molecule has 4 N–H and O–H groups in total. The lowest BCUT2D eigenvalue weighted by Gasteiger charge is -2.20. The molecule has 0 aliphatic carbocycles. The van der Waals surface area contributed by atoms with E-state index in [0.29, 0.717) is 11.3 Å². The van der Waals surface area contributed by atoms with Gasteiger partial charge in [-0.3, -0.25) is 24.5 Å². The molecule has 3 aromatic heterocycles. The van der Waals surface area contributed by atoms with Crippen LogP contribution in [0.4, 0.5) is 0 Å². The van der Waals surface area contributed by atoms with E-state index in [2.05, 4.69) is 30.8 Å². The summed E-state index contributed by atoms with van der Waals surface area (Å²) in [5.74, 6) is -0.762. The summed E-state index contributed by atoms with van der Waals surface area (Å²) in [6, 6.07) is 15.1. The second-order valence-corrected chi connectivity index (χ2v) is 6.99. The molecule has 9 nitrogen and oxygen atoms in total. The van der Waals surface area contributed by atoms with Crippen molar-refractivity contribution in [1.82, 2.24) is 30.8 Å². The van der Waals surface area contributed by atoms with Crippen LogP contribution < -0.4 is 16.2 Å². The molecule has 0 saturated carbocycles. The Morgan fingerprint density at radius 3 is 2.59 bits per heavy atom. The van der Waals surface area contributed by atoms with Crippen LogP contribution in [0, 0.1) is 0 Å². The van der Waals surface area contributed by atoms with E-state index in [9.17, 15) is 14.4 Å². The smallest absolute Gasteiger partial charge is 0.255 e. The van der Waals surface area contributed by atoms with Gasteiger partial charge in [-0.1, -0.05) is 30.3 Å².